The van der Waals surface area contributed by atoms with Crippen molar-refractivity contribution in [3.8, 4) is 11.3 Å². The van der Waals surface area contributed by atoms with E-state index in [9.17, 15) is 9.59 Å². The molecule has 5 nitrogen and oxygen atoms in total. The molecule has 4 rings (SSSR count). The topological polar surface area (TPSA) is 62.6 Å². The van der Waals surface area contributed by atoms with Crippen LogP contribution in [-0.2, 0) is 9.59 Å². The number of halogens is 4. The van der Waals surface area contributed by atoms with Crippen molar-refractivity contribution in [1.82, 2.24) is 5.43 Å². The van der Waals surface area contributed by atoms with Crippen molar-refractivity contribution in [2.75, 3.05) is 5.01 Å². The van der Waals surface area contributed by atoms with E-state index < -0.39 is 11.8 Å². The highest BCUT2D eigenvalue weighted by Gasteiger charge is 2.35. The number of nitrogens with one attached hydrogen (secondary N) is 1. The summed E-state index contributed by atoms with van der Waals surface area (Å²) in [5.41, 5.74) is 3.38. The molecule has 9 heteroatoms. The van der Waals surface area contributed by atoms with Gasteiger partial charge in [-0.15, -0.1) is 0 Å². The second-order valence-corrected chi connectivity index (χ2v) is 7.72. The lowest BCUT2D eigenvalue weighted by Crippen LogP contribution is -2.35. The van der Waals surface area contributed by atoms with Gasteiger partial charge in [0.2, 0.25) is 0 Å². The summed E-state index contributed by atoms with van der Waals surface area (Å²) in [7, 11) is 0. The minimum Gasteiger partial charge on any atom is -0.457 e. The van der Waals surface area contributed by atoms with Crippen LogP contribution >= 0.6 is 46.4 Å². The molecule has 1 N–H and O–H groups in total. The van der Waals surface area contributed by atoms with Gasteiger partial charge in [0.25, 0.3) is 11.8 Å². The van der Waals surface area contributed by atoms with E-state index in [1.807, 2.05) is 0 Å². The summed E-state index contributed by atoms with van der Waals surface area (Å²) in [5, 5.41) is 2.66. The maximum atomic E-state index is 12.7. The fraction of sp³-hybridized carbons (Fsp3) is 0. The first kappa shape index (κ1) is 19.9. The number of furan rings is 1. The van der Waals surface area contributed by atoms with E-state index in [1.54, 1.807) is 36.4 Å². The molecule has 1 aliphatic heterocycles. The zero-order valence-electron chi connectivity index (χ0n) is 14.4. The summed E-state index contributed by atoms with van der Waals surface area (Å²) in [4.78, 5) is 25.0. The van der Waals surface area contributed by atoms with Gasteiger partial charge < -0.3 is 4.42 Å². The van der Waals surface area contributed by atoms with E-state index >= 15 is 0 Å². The molecule has 2 heterocycles. The van der Waals surface area contributed by atoms with Crippen molar-refractivity contribution < 1.29 is 14.0 Å². The molecule has 1 aromatic heterocycles. The number of amides is 2. The van der Waals surface area contributed by atoms with E-state index in [4.69, 9.17) is 50.8 Å². The van der Waals surface area contributed by atoms with Gasteiger partial charge in [0.05, 0.1) is 20.8 Å². The number of benzene rings is 2. The summed E-state index contributed by atoms with van der Waals surface area (Å²) >= 11 is 24.1. The Bertz CT molecular complexity index is 1190. The first-order valence-corrected chi connectivity index (χ1v) is 9.72. The molecule has 0 unspecified atom stereocenters. The first-order valence-electron chi connectivity index (χ1n) is 8.21. The van der Waals surface area contributed by atoms with Gasteiger partial charge in [-0.3, -0.25) is 15.0 Å². The Morgan fingerprint density at radius 2 is 1.62 bits per heavy atom. The van der Waals surface area contributed by atoms with Gasteiger partial charge >= 0.3 is 0 Å². The Hall–Kier alpha value is -2.44. The van der Waals surface area contributed by atoms with Gasteiger partial charge in [0.1, 0.15) is 17.1 Å². The van der Waals surface area contributed by atoms with E-state index in [1.165, 1.54) is 18.2 Å². The molecule has 0 aliphatic carbocycles. The molecule has 0 saturated carbocycles. The monoisotopic (exact) mass is 466 g/mol. The molecule has 0 spiro atoms. The van der Waals surface area contributed by atoms with Crippen molar-refractivity contribution >= 4 is 70.0 Å². The largest absolute Gasteiger partial charge is 0.457 e. The highest BCUT2D eigenvalue weighted by molar-refractivity contribution is 6.42. The average Bonchev–Trinajstić information content (AvgIpc) is 3.26. The molecule has 2 aromatic carbocycles. The van der Waals surface area contributed by atoms with Crippen LogP contribution in [-0.4, -0.2) is 11.8 Å². The predicted octanol–water partition coefficient (Wildman–Crippen LogP) is 6.02. The van der Waals surface area contributed by atoms with E-state index in [0.29, 0.717) is 37.8 Å². The highest BCUT2D eigenvalue weighted by atomic mass is 35.5. The fourth-order valence-electron chi connectivity index (χ4n) is 2.77. The van der Waals surface area contributed by atoms with Gasteiger partial charge in [-0.25, -0.2) is 5.01 Å². The Morgan fingerprint density at radius 1 is 0.862 bits per heavy atom. The molecule has 1 saturated heterocycles. The van der Waals surface area contributed by atoms with Crippen LogP contribution in [0, 0.1) is 0 Å². The Morgan fingerprint density at radius 3 is 2.38 bits per heavy atom. The van der Waals surface area contributed by atoms with Crippen molar-refractivity contribution in [3.63, 3.8) is 0 Å². The summed E-state index contributed by atoms with van der Waals surface area (Å²) in [6.07, 6.45) is 1.36. The lowest BCUT2D eigenvalue weighted by Gasteiger charge is -2.15. The number of anilines is 1. The molecule has 0 radical (unpaired) electrons. The lowest BCUT2D eigenvalue weighted by atomic mass is 10.2. The molecular weight excluding hydrogens is 458 g/mol. The molecule has 3 aromatic rings. The van der Waals surface area contributed by atoms with Crippen LogP contribution < -0.4 is 10.4 Å². The second kappa shape index (κ2) is 7.76. The van der Waals surface area contributed by atoms with Crippen LogP contribution in [0.25, 0.3) is 17.4 Å². The molecule has 29 heavy (non-hydrogen) atoms. The average molecular weight is 468 g/mol. The molecule has 146 valence electrons. The summed E-state index contributed by atoms with van der Waals surface area (Å²) in [6.45, 7) is 0. The number of rotatable bonds is 3. The predicted molar refractivity (Wildman–Crippen MR) is 114 cm³/mol. The highest BCUT2D eigenvalue weighted by Crippen LogP contribution is 2.33. The maximum Gasteiger partial charge on any atom is 0.282 e. The quantitative estimate of drug-likeness (QED) is 0.378. The number of hydrazine groups is 1. The third-order valence-corrected chi connectivity index (χ3v) is 5.46. The smallest absolute Gasteiger partial charge is 0.282 e. The van der Waals surface area contributed by atoms with Crippen molar-refractivity contribution in [2.24, 2.45) is 0 Å². The van der Waals surface area contributed by atoms with Crippen LogP contribution in [0.15, 0.2) is 58.5 Å². The van der Waals surface area contributed by atoms with Crippen molar-refractivity contribution in [2.45, 2.75) is 0 Å². The molecule has 1 aliphatic rings. The van der Waals surface area contributed by atoms with Gasteiger partial charge in [-0.05, 0) is 54.6 Å². The van der Waals surface area contributed by atoms with Gasteiger partial charge in [0, 0.05) is 10.6 Å². The molecular formula is C20H10Cl4N2O3. The molecule has 2 amide bonds. The summed E-state index contributed by atoms with van der Waals surface area (Å²) in [6, 6.07) is 12.9. The van der Waals surface area contributed by atoms with E-state index in [-0.39, 0.29) is 10.6 Å². The SMILES string of the molecule is O=C1NN(c2ccc(Cl)c(Cl)c2)C(=O)C1=Cc1ccc(-c2cc(Cl)ccc2Cl)o1. The summed E-state index contributed by atoms with van der Waals surface area (Å²) < 4.78 is 5.73. The number of nitrogens with zero attached hydrogens (tertiary/aromatic N) is 1. The van der Waals surface area contributed by atoms with Crippen LogP contribution in [0.4, 0.5) is 5.69 Å². The number of carbonyl (C=O) groups is 2. The van der Waals surface area contributed by atoms with E-state index in [2.05, 4.69) is 5.43 Å². The van der Waals surface area contributed by atoms with Gasteiger partial charge in [-0.2, -0.15) is 0 Å². The van der Waals surface area contributed by atoms with Gasteiger partial charge in [0.15, 0.2) is 0 Å². The van der Waals surface area contributed by atoms with Crippen LogP contribution in [0.3, 0.4) is 0 Å². The number of carbonyl (C=O) groups excluding carboxylic acids is 2. The zero-order valence-corrected chi connectivity index (χ0v) is 17.4. The fourth-order valence-corrected chi connectivity index (χ4v) is 3.44. The minimum atomic E-state index is -0.570. The summed E-state index contributed by atoms with van der Waals surface area (Å²) in [5.74, 6) is -0.353. The lowest BCUT2D eigenvalue weighted by molar-refractivity contribution is -0.117. The molecule has 0 bridgehead atoms. The first-order chi connectivity index (χ1) is 13.8. The third-order valence-electron chi connectivity index (χ3n) is 4.16. The maximum absolute atomic E-state index is 12.7. The molecule has 1 fully saturated rings. The standard InChI is InChI=1S/C20H10Cl4N2O3/c21-10-1-4-15(22)13(7-10)18-6-3-12(29-18)9-14-19(27)25-26(20(14)28)11-2-5-16(23)17(24)8-11/h1-9H,(H,25,27). The second-order valence-electron chi connectivity index (χ2n) is 6.06. The van der Waals surface area contributed by atoms with Crippen molar-refractivity contribution in [3.05, 3.63) is 80.0 Å². The van der Waals surface area contributed by atoms with Crippen LogP contribution in [0.5, 0.6) is 0 Å². The Balaban J connectivity index is 1.64. The van der Waals surface area contributed by atoms with Crippen LogP contribution in [0.2, 0.25) is 20.1 Å². The zero-order chi connectivity index (χ0) is 20.7. The Kier molecular flexibility index (Phi) is 5.32. The third kappa shape index (κ3) is 3.87. The number of hydrogen-bond acceptors (Lipinski definition) is 3. The van der Waals surface area contributed by atoms with Crippen molar-refractivity contribution in [1.29, 1.82) is 0 Å². The normalized spacial score (nSPS) is 15.3. The Labute approximate surface area is 185 Å². The van der Waals surface area contributed by atoms with Crippen LogP contribution in [0.1, 0.15) is 5.76 Å². The minimum absolute atomic E-state index is 0.0887. The van der Waals surface area contributed by atoms with Gasteiger partial charge in [-0.1, -0.05) is 46.4 Å². The number of hydrogen-bond donors (Lipinski definition) is 1. The van der Waals surface area contributed by atoms with E-state index in [0.717, 1.165) is 5.01 Å². The molecule has 0 atom stereocenters.